The Labute approximate surface area is 204 Å². The summed E-state index contributed by atoms with van der Waals surface area (Å²) in [4.78, 5) is 35.3. The summed E-state index contributed by atoms with van der Waals surface area (Å²) in [6.45, 7) is 9.99. The third-order valence-electron chi connectivity index (χ3n) is 6.22. The molecule has 0 saturated carbocycles. The number of anilines is 3. The predicted octanol–water partition coefficient (Wildman–Crippen LogP) is 3.13. The molecule has 1 saturated heterocycles. The zero-order valence-electron chi connectivity index (χ0n) is 20.3. The number of aromatic nitrogens is 4. The number of aryl methyl sites for hydroxylation is 1. The number of hydrogen-bond donors (Lipinski definition) is 2. The molecule has 1 aromatic carbocycles. The van der Waals surface area contributed by atoms with Crippen molar-refractivity contribution < 1.29 is 9.53 Å². The van der Waals surface area contributed by atoms with Gasteiger partial charge in [-0.05, 0) is 51.1 Å². The van der Waals surface area contributed by atoms with Crippen molar-refractivity contribution in [2.75, 3.05) is 41.4 Å². The van der Waals surface area contributed by atoms with Gasteiger partial charge in [-0.3, -0.25) is 0 Å². The van der Waals surface area contributed by atoms with Gasteiger partial charge < -0.3 is 25.2 Å². The van der Waals surface area contributed by atoms with Gasteiger partial charge in [0.05, 0.1) is 38.0 Å². The van der Waals surface area contributed by atoms with E-state index in [0.717, 1.165) is 40.8 Å². The minimum Gasteiger partial charge on any atom is -0.377 e. The lowest BCUT2D eigenvalue weighted by atomic mass is 10.1. The molecule has 5 rings (SSSR count). The van der Waals surface area contributed by atoms with E-state index >= 15 is 0 Å². The molecule has 182 valence electrons. The van der Waals surface area contributed by atoms with Crippen molar-refractivity contribution in [1.29, 1.82) is 0 Å². The van der Waals surface area contributed by atoms with Crippen LogP contribution in [0.25, 0.3) is 11.4 Å². The maximum Gasteiger partial charge on any atom is 0.319 e. The lowest BCUT2D eigenvalue weighted by Crippen LogP contribution is -2.44. The number of amides is 2. The Balaban J connectivity index is 1.49. The maximum atomic E-state index is 11.8. The number of carbonyl (C=O) groups is 1. The summed E-state index contributed by atoms with van der Waals surface area (Å²) in [6.07, 6.45) is 1.79. The molecule has 2 amide bonds. The first kappa shape index (κ1) is 23.0. The van der Waals surface area contributed by atoms with E-state index in [0.29, 0.717) is 44.4 Å². The van der Waals surface area contributed by atoms with E-state index in [1.807, 2.05) is 44.2 Å². The quantitative estimate of drug-likeness (QED) is 0.581. The molecule has 1 atom stereocenters. The third-order valence-corrected chi connectivity index (χ3v) is 6.22. The van der Waals surface area contributed by atoms with Crippen LogP contribution < -0.4 is 20.4 Å². The topological polar surface area (TPSA) is 108 Å². The number of ether oxygens (including phenoxy) is 1. The Morgan fingerprint density at radius 2 is 1.97 bits per heavy atom. The Morgan fingerprint density at radius 3 is 2.71 bits per heavy atom. The Morgan fingerprint density at radius 1 is 1.14 bits per heavy atom. The number of morpholine rings is 1. The van der Waals surface area contributed by atoms with Crippen molar-refractivity contribution in [2.24, 2.45) is 0 Å². The Kier molecular flexibility index (Phi) is 6.45. The van der Waals surface area contributed by atoms with Gasteiger partial charge in [-0.15, -0.1) is 0 Å². The van der Waals surface area contributed by atoms with Gasteiger partial charge in [0.15, 0.2) is 5.82 Å². The van der Waals surface area contributed by atoms with Gasteiger partial charge >= 0.3 is 6.03 Å². The van der Waals surface area contributed by atoms with Crippen LogP contribution in [0.5, 0.6) is 0 Å². The largest absolute Gasteiger partial charge is 0.377 e. The average Bonchev–Trinajstić information content (AvgIpc) is 3.29. The van der Waals surface area contributed by atoms with E-state index in [9.17, 15) is 4.79 Å². The molecule has 2 aromatic heterocycles. The van der Waals surface area contributed by atoms with Gasteiger partial charge in [-0.1, -0.05) is 0 Å². The SMILES string of the molecule is CCNC(=O)Nc1ccc(-c2nc3c(c(N4CCOCC4C)n2)CN(c2ccnc(C)n2)C3)cc1. The smallest absolute Gasteiger partial charge is 0.319 e. The van der Waals surface area contributed by atoms with Crippen molar-refractivity contribution in [3.05, 3.63) is 53.6 Å². The number of carbonyl (C=O) groups excluding carboxylic acids is 1. The summed E-state index contributed by atoms with van der Waals surface area (Å²) in [6, 6.07) is 9.55. The van der Waals surface area contributed by atoms with Crippen LogP contribution in [0.2, 0.25) is 0 Å². The van der Waals surface area contributed by atoms with Crippen LogP contribution in [0.1, 0.15) is 30.9 Å². The second-order valence-electron chi connectivity index (χ2n) is 8.79. The second-order valence-corrected chi connectivity index (χ2v) is 8.79. The molecule has 4 heterocycles. The van der Waals surface area contributed by atoms with Gasteiger partial charge in [-0.2, -0.15) is 0 Å². The van der Waals surface area contributed by atoms with Crippen LogP contribution in [0.4, 0.5) is 22.1 Å². The van der Waals surface area contributed by atoms with Crippen LogP contribution in [0, 0.1) is 6.92 Å². The molecule has 2 aliphatic heterocycles. The number of rotatable bonds is 5. The highest BCUT2D eigenvalue weighted by Crippen LogP contribution is 2.35. The standard InChI is InChI=1S/C25H30N8O2/c1-4-26-25(34)29-19-7-5-18(6-8-19)23-30-21-14-32(22-9-10-27-17(3)28-22)13-20(21)24(31-23)33-11-12-35-15-16(33)2/h5-10,16H,4,11-15H2,1-3H3,(H2,26,29,34). The molecule has 10 heteroatoms. The van der Waals surface area contributed by atoms with Crippen molar-refractivity contribution in [1.82, 2.24) is 25.3 Å². The molecule has 2 aliphatic rings. The normalized spacial score (nSPS) is 17.3. The maximum absolute atomic E-state index is 11.8. The second kappa shape index (κ2) is 9.83. The van der Waals surface area contributed by atoms with E-state index in [2.05, 4.69) is 37.3 Å². The summed E-state index contributed by atoms with van der Waals surface area (Å²) in [5.41, 5.74) is 3.75. The highest BCUT2D eigenvalue weighted by molar-refractivity contribution is 5.89. The zero-order valence-corrected chi connectivity index (χ0v) is 20.3. The lowest BCUT2D eigenvalue weighted by Gasteiger charge is -2.35. The van der Waals surface area contributed by atoms with Gasteiger partial charge in [0, 0.05) is 36.1 Å². The fourth-order valence-corrected chi connectivity index (χ4v) is 4.47. The molecule has 0 bridgehead atoms. The van der Waals surface area contributed by atoms with Crippen molar-refractivity contribution in [3.63, 3.8) is 0 Å². The summed E-state index contributed by atoms with van der Waals surface area (Å²) >= 11 is 0. The Bertz CT molecular complexity index is 1220. The molecule has 1 unspecified atom stereocenters. The molecule has 0 radical (unpaired) electrons. The lowest BCUT2D eigenvalue weighted by molar-refractivity contribution is 0.0984. The minimum absolute atomic E-state index is 0.217. The summed E-state index contributed by atoms with van der Waals surface area (Å²) in [7, 11) is 0. The molecule has 35 heavy (non-hydrogen) atoms. The molecule has 2 N–H and O–H groups in total. The number of fused-ring (bicyclic) bond motifs is 1. The number of urea groups is 1. The molecule has 0 spiro atoms. The monoisotopic (exact) mass is 474 g/mol. The van der Waals surface area contributed by atoms with Crippen molar-refractivity contribution in [2.45, 2.75) is 39.9 Å². The first-order valence-corrected chi connectivity index (χ1v) is 12.0. The molecule has 0 aliphatic carbocycles. The summed E-state index contributed by atoms with van der Waals surface area (Å²) < 4.78 is 5.68. The van der Waals surface area contributed by atoms with Gasteiger partial charge in [-0.25, -0.2) is 24.7 Å². The van der Waals surface area contributed by atoms with Crippen LogP contribution in [-0.4, -0.2) is 58.3 Å². The van der Waals surface area contributed by atoms with E-state index < -0.39 is 0 Å². The fourth-order valence-electron chi connectivity index (χ4n) is 4.47. The predicted molar refractivity (Wildman–Crippen MR) is 134 cm³/mol. The van der Waals surface area contributed by atoms with Crippen LogP contribution in [0.15, 0.2) is 36.5 Å². The molecule has 1 fully saturated rings. The average molecular weight is 475 g/mol. The minimum atomic E-state index is -0.224. The highest BCUT2D eigenvalue weighted by atomic mass is 16.5. The van der Waals surface area contributed by atoms with E-state index in [1.54, 1.807) is 6.20 Å². The zero-order chi connectivity index (χ0) is 24.4. The summed E-state index contributed by atoms with van der Waals surface area (Å²) in [5, 5.41) is 5.56. The molecular weight excluding hydrogens is 444 g/mol. The third kappa shape index (κ3) is 4.88. The Hall–Kier alpha value is -3.79. The van der Waals surface area contributed by atoms with E-state index in [-0.39, 0.29) is 12.1 Å². The van der Waals surface area contributed by atoms with Crippen LogP contribution in [0.3, 0.4) is 0 Å². The van der Waals surface area contributed by atoms with Gasteiger partial charge in [0.25, 0.3) is 0 Å². The number of nitrogens with zero attached hydrogens (tertiary/aromatic N) is 6. The first-order valence-electron chi connectivity index (χ1n) is 12.0. The van der Waals surface area contributed by atoms with Gasteiger partial charge in [0.2, 0.25) is 0 Å². The number of nitrogens with one attached hydrogen (secondary N) is 2. The van der Waals surface area contributed by atoms with Crippen molar-refractivity contribution in [3.8, 4) is 11.4 Å². The number of benzene rings is 1. The highest BCUT2D eigenvalue weighted by Gasteiger charge is 2.31. The van der Waals surface area contributed by atoms with Crippen LogP contribution in [-0.2, 0) is 17.8 Å². The van der Waals surface area contributed by atoms with Crippen molar-refractivity contribution >= 4 is 23.4 Å². The van der Waals surface area contributed by atoms with E-state index in [4.69, 9.17) is 14.7 Å². The summed E-state index contributed by atoms with van der Waals surface area (Å²) in [5.74, 6) is 3.26. The molecule has 10 nitrogen and oxygen atoms in total. The van der Waals surface area contributed by atoms with E-state index in [1.165, 1.54) is 0 Å². The van der Waals surface area contributed by atoms with Crippen LogP contribution >= 0.6 is 0 Å². The number of hydrogen-bond acceptors (Lipinski definition) is 8. The first-order chi connectivity index (χ1) is 17.0. The van der Waals surface area contributed by atoms with Gasteiger partial charge in [0.1, 0.15) is 17.5 Å². The molecular formula is C25H30N8O2. The molecule has 3 aromatic rings. The fraction of sp³-hybridized carbons (Fsp3) is 0.400.